The fraction of sp³-hybridized carbons (Fsp3) is 0.667. The van der Waals surface area contributed by atoms with Gasteiger partial charge in [0, 0.05) is 43.8 Å². The van der Waals surface area contributed by atoms with E-state index in [1.54, 1.807) is 0 Å². The number of H-pyrrole nitrogens is 2. The van der Waals surface area contributed by atoms with Crippen LogP contribution in [0.1, 0.15) is 364 Å². The zero-order chi connectivity index (χ0) is 78.4. The smallest absolute Gasteiger partial charge is 0.490 e. The molecule has 0 atom stereocenters. The number of unbranched alkanes of at least 4 members (excludes halogenated alkanes) is 40. The minimum absolute atomic E-state index is 0. The molecule has 17 heteroatoms. The van der Waals surface area contributed by atoms with Gasteiger partial charge in [-0.1, -0.05) is 312 Å². The standard InChI is InChI=1S/C96H146N8O8.Zn/c1-9-17-25-33-41-49-57-105-81-65-73-74(66-82(81)106-58-50-42-34-26-18-10-2)90-97-89(73)101-91-75-67-83(107-59-51-43-35-27-19-11-3)84(108-60-52-44-36-28-20-12-4)68-76(75)93(98-91)103-95-79-71-87(111-63-55-47-39-31-23-15-7)88(112-64-56-48-40-32-24-16-8)72-80(79)96(100-95)104-94-78-70-86(110-62-54-46-38-30-22-14-6)85(69-77(78)92(99-94)102-90)109-61-53-45-37-29-21-13-5;/h65-72H,9-64H2,1-8H3,(H2,97,98,99,100,101,102,103,104);/q;+2. The fourth-order valence-corrected chi connectivity index (χ4v) is 15.2. The second-order valence-corrected chi connectivity index (χ2v) is 31.9. The number of hydrogen-bond acceptors (Lipinski definition) is 14. The summed E-state index contributed by atoms with van der Waals surface area (Å²) in [5, 5.41) is 3.21. The Kier molecular flexibility index (Phi) is 44.0. The Bertz CT molecular complexity index is 3510. The molecule has 7 aromatic rings. The van der Waals surface area contributed by atoms with Crippen molar-refractivity contribution in [2.45, 2.75) is 364 Å². The molecule has 16 nitrogen and oxygen atoms in total. The molecule has 113 heavy (non-hydrogen) atoms. The first kappa shape index (κ1) is 91.8. The maximum atomic E-state index is 6.90. The predicted molar refractivity (Wildman–Crippen MR) is 467 cm³/mol. The predicted octanol–water partition coefficient (Wildman–Crippen LogP) is 28.8. The van der Waals surface area contributed by atoms with Gasteiger partial charge in [0.25, 0.3) is 0 Å². The largest absolute Gasteiger partial charge is 2.00 e. The molecule has 2 N–H and O–H groups in total. The molecule has 0 aliphatic carbocycles. The zero-order valence-electron chi connectivity index (χ0n) is 71.9. The minimum atomic E-state index is 0. The number of benzene rings is 4. The molecule has 5 heterocycles. The Balaban J connectivity index is 0.0000160. The molecule has 0 saturated carbocycles. The van der Waals surface area contributed by atoms with Gasteiger partial charge in [-0.25, -0.2) is 29.9 Å². The second-order valence-electron chi connectivity index (χ2n) is 31.9. The second kappa shape index (κ2) is 54.2. The Morgan fingerprint density at radius 1 is 0.186 bits per heavy atom. The summed E-state index contributed by atoms with van der Waals surface area (Å²) in [6.07, 6.45) is 55.2. The molecule has 0 radical (unpaired) electrons. The molecule has 0 unspecified atom stereocenters. The van der Waals surface area contributed by atoms with E-state index in [4.69, 9.17) is 67.8 Å². The van der Waals surface area contributed by atoms with Crippen molar-refractivity contribution in [1.82, 2.24) is 39.9 Å². The van der Waals surface area contributed by atoms with E-state index in [1.165, 1.54) is 205 Å². The normalized spacial score (nSPS) is 11.7. The molecule has 8 bridgehead atoms. The number of nitrogens with zero attached hydrogens (tertiary/aromatic N) is 6. The summed E-state index contributed by atoms with van der Waals surface area (Å²) in [6.45, 7) is 22.6. The van der Waals surface area contributed by atoms with Crippen LogP contribution >= 0.6 is 0 Å². The molecule has 0 spiro atoms. The minimum Gasteiger partial charge on any atom is -0.490 e. The van der Waals surface area contributed by atoms with Crippen molar-refractivity contribution in [3.63, 3.8) is 0 Å². The number of hydrogen-bond donors (Lipinski definition) is 2. The van der Waals surface area contributed by atoms with Crippen LogP contribution in [0.15, 0.2) is 48.5 Å². The van der Waals surface area contributed by atoms with Crippen molar-refractivity contribution in [1.29, 1.82) is 0 Å². The monoisotopic (exact) mass is 1600 g/mol. The van der Waals surface area contributed by atoms with Crippen LogP contribution in [-0.4, -0.2) is 92.7 Å². The van der Waals surface area contributed by atoms with Gasteiger partial charge < -0.3 is 47.9 Å². The van der Waals surface area contributed by atoms with Gasteiger partial charge in [0.2, 0.25) is 0 Å². The van der Waals surface area contributed by atoms with E-state index in [-0.39, 0.29) is 19.5 Å². The van der Waals surface area contributed by atoms with Crippen molar-refractivity contribution >= 4 is 44.1 Å². The van der Waals surface area contributed by atoms with E-state index in [2.05, 4.69) is 114 Å². The van der Waals surface area contributed by atoms with Crippen LogP contribution < -0.4 is 37.9 Å². The topological polar surface area (TPSA) is 183 Å². The summed E-state index contributed by atoms with van der Waals surface area (Å²) in [5.74, 6) is 7.23. The Labute approximate surface area is 693 Å². The van der Waals surface area contributed by atoms with Gasteiger partial charge in [0.05, 0.1) is 52.9 Å². The van der Waals surface area contributed by atoms with Crippen LogP contribution in [0.4, 0.5) is 0 Å². The van der Waals surface area contributed by atoms with Gasteiger partial charge in [0.1, 0.15) is 22.6 Å². The first-order valence-corrected chi connectivity index (χ1v) is 45.9. The SMILES string of the molecule is CCCCCCCCOc1cc2c(cc1OCCCCCCCC)-c1nc-2nc2[nH]c(nc3nc(nc4[nH]c(n1)c1cc(OCCCCCCCC)c(OCCCCCCCC)cc41)-c1cc(OCCCCCCCC)c(OCCCCCCCC)cc1-3)c1cc(OCCCCCCCC)c(OCCCCCCCC)cc21.[Zn+2]. The van der Waals surface area contributed by atoms with Crippen LogP contribution in [-0.2, 0) is 19.5 Å². The third kappa shape index (κ3) is 30.1. The van der Waals surface area contributed by atoms with Crippen molar-refractivity contribution in [2.75, 3.05) is 52.9 Å². The maximum Gasteiger partial charge on any atom is 2.00 e. The Hall–Kier alpha value is -6.74. The summed E-state index contributed by atoms with van der Waals surface area (Å²) < 4.78 is 55.2. The van der Waals surface area contributed by atoms with Gasteiger partial charge in [-0.05, 0) is 99.9 Å². The molecule has 2 aliphatic heterocycles. The van der Waals surface area contributed by atoms with Crippen molar-refractivity contribution in [3.8, 4) is 91.5 Å². The number of fused-ring (bicyclic) bond motifs is 20. The van der Waals surface area contributed by atoms with E-state index in [1.807, 2.05) is 0 Å². The van der Waals surface area contributed by atoms with Crippen LogP contribution in [0.5, 0.6) is 46.0 Å². The fourth-order valence-electron chi connectivity index (χ4n) is 15.2. The molecule has 618 valence electrons. The molecular formula is C96H146N8O8Zn+2. The first-order chi connectivity index (χ1) is 55.3. The van der Waals surface area contributed by atoms with Gasteiger partial charge in [-0.3, -0.25) is 0 Å². The number of rotatable bonds is 64. The molecule has 2 aliphatic rings. The number of aromatic amines is 2. The third-order valence-corrected chi connectivity index (χ3v) is 22.1. The van der Waals surface area contributed by atoms with Crippen LogP contribution in [0.2, 0.25) is 0 Å². The molecule has 0 saturated heterocycles. The first-order valence-electron chi connectivity index (χ1n) is 45.9. The Morgan fingerprint density at radius 2 is 0.327 bits per heavy atom. The maximum absolute atomic E-state index is 6.90. The van der Waals surface area contributed by atoms with Crippen molar-refractivity contribution in [3.05, 3.63) is 48.5 Å². The molecular weight excluding hydrogens is 1460 g/mol. The summed E-state index contributed by atoms with van der Waals surface area (Å²) in [4.78, 5) is 41.4. The van der Waals surface area contributed by atoms with E-state index in [0.717, 1.165) is 147 Å². The van der Waals surface area contributed by atoms with E-state index < -0.39 is 0 Å². The molecule has 0 amide bonds. The number of ether oxygens (including phenoxy) is 8. The average molecular weight is 1610 g/mol. The van der Waals surface area contributed by atoms with E-state index in [0.29, 0.717) is 145 Å². The van der Waals surface area contributed by atoms with Crippen LogP contribution in [0, 0.1) is 0 Å². The van der Waals surface area contributed by atoms with Gasteiger partial charge in [-0.15, -0.1) is 0 Å². The van der Waals surface area contributed by atoms with Gasteiger partial charge in [0.15, 0.2) is 69.3 Å². The summed E-state index contributed by atoms with van der Waals surface area (Å²) in [7, 11) is 0. The third-order valence-electron chi connectivity index (χ3n) is 22.1. The van der Waals surface area contributed by atoms with Crippen LogP contribution in [0.3, 0.4) is 0 Å². The molecule has 9 rings (SSSR count). The van der Waals surface area contributed by atoms with Crippen molar-refractivity contribution < 1.29 is 57.4 Å². The zero-order valence-corrected chi connectivity index (χ0v) is 74.8. The number of nitrogens with one attached hydrogen (secondary N) is 2. The number of aromatic nitrogens is 8. The molecule has 4 aromatic carbocycles. The summed E-state index contributed by atoms with van der Waals surface area (Å²) >= 11 is 0. The van der Waals surface area contributed by atoms with Crippen molar-refractivity contribution in [2.24, 2.45) is 0 Å². The quantitative estimate of drug-likeness (QED) is 0.0271. The Morgan fingerprint density at radius 3 is 0.487 bits per heavy atom. The van der Waals surface area contributed by atoms with E-state index in [9.17, 15) is 0 Å². The van der Waals surface area contributed by atoms with Gasteiger partial charge in [-0.2, -0.15) is 0 Å². The summed E-state index contributed by atoms with van der Waals surface area (Å²) in [6, 6.07) is 16.8. The molecule has 0 fully saturated rings. The average Bonchev–Trinajstić information content (AvgIpc) is 1.62. The van der Waals surface area contributed by atoms with E-state index >= 15 is 0 Å². The van der Waals surface area contributed by atoms with Gasteiger partial charge >= 0.3 is 19.5 Å². The molecule has 3 aromatic heterocycles. The van der Waals surface area contributed by atoms with Crippen LogP contribution in [0.25, 0.3) is 89.7 Å². The summed E-state index contributed by atoms with van der Waals surface area (Å²) in [5.41, 5.74) is 5.32.